The van der Waals surface area contributed by atoms with Gasteiger partial charge in [0.1, 0.15) is 57.8 Å². The number of carbonyl (C=O) groups is 8. The lowest BCUT2D eigenvalue weighted by Gasteiger charge is -2.18. The zero-order valence-corrected chi connectivity index (χ0v) is 59.7. The molecule has 0 aliphatic carbocycles. The van der Waals surface area contributed by atoms with Gasteiger partial charge < -0.3 is 40.2 Å². The molecule has 4 fully saturated rings. The molecule has 0 radical (unpaired) electrons. The van der Waals surface area contributed by atoms with Crippen molar-refractivity contribution in [3.05, 3.63) is 260 Å². The second-order valence-corrected chi connectivity index (χ2v) is 27.0. The molecule has 0 spiro atoms. The van der Waals surface area contributed by atoms with Gasteiger partial charge in [0.25, 0.3) is 0 Å². The molecule has 8 aromatic rings. The molecule has 4 saturated heterocycles. The summed E-state index contributed by atoms with van der Waals surface area (Å²) >= 11 is 0. The van der Waals surface area contributed by atoms with E-state index in [4.69, 9.17) is 18.9 Å². The van der Waals surface area contributed by atoms with Crippen LogP contribution in [0.5, 0.6) is 23.0 Å². The topological polar surface area (TPSA) is 222 Å². The highest BCUT2D eigenvalue weighted by Crippen LogP contribution is 2.39. The maximum Gasteiger partial charge on any atom is 0.224 e. The number of nitrogens with one attached hydrogen (secondary N) is 4. The first kappa shape index (κ1) is 77.4. The Morgan fingerprint density at radius 3 is 1.01 bits per heavy atom. The predicted molar refractivity (Wildman–Crippen MR) is 387 cm³/mol. The van der Waals surface area contributed by atoms with Gasteiger partial charge in [-0.05, 0) is 97.0 Å². The smallest absolute Gasteiger partial charge is 0.224 e. The van der Waals surface area contributed by atoms with Crippen molar-refractivity contribution in [3.8, 4) is 23.0 Å². The zero-order chi connectivity index (χ0) is 74.7. The van der Waals surface area contributed by atoms with E-state index in [-0.39, 0.29) is 133 Å². The van der Waals surface area contributed by atoms with Gasteiger partial charge in [-0.25, -0.2) is 17.6 Å². The van der Waals surface area contributed by atoms with Crippen molar-refractivity contribution in [2.75, 3.05) is 54.6 Å². The number of ether oxygens (including phenoxy) is 4. The molecule has 0 bridgehead atoms. The maximum atomic E-state index is 14.4. The van der Waals surface area contributed by atoms with E-state index in [1.54, 1.807) is 31.4 Å². The minimum Gasteiger partial charge on any atom is -0.497 e. The molecular formula is C84H88F4N4O12. The lowest BCUT2D eigenvalue weighted by Crippen LogP contribution is -2.23. The van der Waals surface area contributed by atoms with Gasteiger partial charge in [-0.3, -0.25) is 38.4 Å². The lowest BCUT2D eigenvalue weighted by molar-refractivity contribution is -0.127. The summed E-state index contributed by atoms with van der Waals surface area (Å²) in [5, 5.41) is 11.1. The number of hydrogen-bond acceptors (Lipinski definition) is 12. The number of ketones is 4. The van der Waals surface area contributed by atoms with Crippen LogP contribution in [0.25, 0.3) is 0 Å². The number of benzene rings is 8. The van der Waals surface area contributed by atoms with Crippen LogP contribution in [0.3, 0.4) is 0 Å². The number of Topliss-reactive ketones (excluding diaryl/α,β-unsaturated/α-hetero) is 4. The van der Waals surface area contributed by atoms with Crippen LogP contribution in [0, 0.1) is 74.6 Å². The molecule has 544 valence electrons. The average Bonchev–Trinajstić information content (AvgIpc) is 1.93. The first-order valence-electron chi connectivity index (χ1n) is 34.6. The van der Waals surface area contributed by atoms with Crippen molar-refractivity contribution < 1.29 is 74.9 Å². The molecule has 0 saturated carbocycles. The van der Waals surface area contributed by atoms with E-state index in [0.717, 1.165) is 62.4 Å². The molecule has 4 N–H and O–H groups in total. The fraction of sp³-hybridized carbons (Fsp3) is 0.333. The van der Waals surface area contributed by atoms with E-state index in [9.17, 15) is 55.9 Å². The van der Waals surface area contributed by atoms with Crippen LogP contribution in [0.4, 0.5) is 17.6 Å². The molecule has 4 aliphatic heterocycles. The molecule has 16 nitrogen and oxygen atoms in total. The van der Waals surface area contributed by atoms with E-state index in [1.807, 2.05) is 149 Å². The summed E-state index contributed by atoms with van der Waals surface area (Å²) in [6.45, 7) is 9.38. The summed E-state index contributed by atoms with van der Waals surface area (Å²) in [5.74, 6) is -5.14. The Hall–Kier alpha value is -10.8. The molecule has 0 aromatic heterocycles. The summed E-state index contributed by atoms with van der Waals surface area (Å²) in [6, 6.07) is 50.3. The second-order valence-electron chi connectivity index (χ2n) is 27.0. The highest BCUT2D eigenvalue weighted by molar-refractivity contribution is 5.93. The van der Waals surface area contributed by atoms with Crippen LogP contribution in [0.1, 0.15) is 116 Å². The fourth-order valence-corrected chi connectivity index (χ4v) is 13.7. The Kier molecular flexibility index (Phi) is 27.1. The number of halogens is 4. The molecule has 4 heterocycles. The predicted octanol–water partition coefficient (Wildman–Crippen LogP) is 12.7. The van der Waals surface area contributed by atoms with Crippen molar-refractivity contribution >= 4 is 46.8 Å². The maximum absolute atomic E-state index is 14.4. The van der Waals surface area contributed by atoms with Gasteiger partial charge in [-0.2, -0.15) is 0 Å². The van der Waals surface area contributed by atoms with Gasteiger partial charge in [-0.15, -0.1) is 0 Å². The standard InChI is InChI=1S/C21H21F2NO3.2C21H22FNO3.C21H23NO3/c1-12-3-5-13(6-4-12)7-14(25)8-16-17(11-24-21(16)26)20-18(22)9-15(27-2)10-19(20)23;1-13-3-5-14(6-4-13)9-15(24)10-18-19(12-23-21(18)25)17-8-7-16(26-2)11-20(17)22;1-13-3-5-14(6-4-13)9-16(24)11-17-18(12-23-21(17)25)15-7-8-20(26-2)19(22)10-15;1-14-3-5-15(6-4-14)11-17(23)12-19-20(13-22-21(19)24)16-7-9-18(25-2)10-8-16/h3-6,9-10,16-17H,7-8,11H2,1-2H3,(H,24,26);3-8,11,18-19H,9-10,12H2,1-2H3,(H,23,25);3-8,10,17-18H,9,11-12H2,1-2H3,(H,23,25);3-10,19-20H,11-13H2,1-2H3,(H,22,24)/t16-,17+;18-,19-;17-,18-;19-,20-/m0000/s1. The van der Waals surface area contributed by atoms with Crippen LogP contribution < -0.4 is 40.2 Å². The van der Waals surface area contributed by atoms with Gasteiger partial charge in [0.2, 0.25) is 23.6 Å². The Morgan fingerprint density at radius 1 is 0.337 bits per heavy atom. The van der Waals surface area contributed by atoms with Crippen LogP contribution in [0.2, 0.25) is 0 Å². The molecule has 4 amide bonds. The Labute approximate surface area is 604 Å². The van der Waals surface area contributed by atoms with Gasteiger partial charge in [-0.1, -0.05) is 144 Å². The van der Waals surface area contributed by atoms with E-state index >= 15 is 0 Å². The van der Waals surface area contributed by atoms with Crippen molar-refractivity contribution in [1.29, 1.82) is 0 Å². The third kappa shape index (κ3) is 20.7. The minimum atomic E-state index is -0.791. The summed E-state index contributed by atoms with van der Waals surface area (Å²) in [4.78, 5) is 98.7. The molecule has 8 aromatic carbocycles. The Morgan fingerprint density at radius 2 is 0.654 bits per heavy atom. The second kappa shape index (κ2) is 36.4. The van der Waals surface area contributed by atoms with E-state index in [0.29, 0.717) is 49.4 Å². The quantitative estimate of drug-likeness (QED) is 0.0415. The highest BCUT2D eigenvalue weighted by Gasteiger charge is 2.42. The normalized spacial score (nSPS) is 19.3. The van der Waals surface area contributed by atoms with Crippen molar-refractivity contribution in [1.82, 2.24) is 21.3 Å². The van der Waals surface area contributed by atoms with Crippen molar-refractivity contribution in [2.45, 2.75) is 103 Å². The van der Waals surface area contributed by atoms with Gasteiger partial charge in [0, 0.05) is 125 Å². The number of methoxy groups -OCH3 is 4. The first-order chi connectivity index (χ1) is 49.9. The summed E-state index contributed by atoms with van der Waals surface area (Å²) < 4.78 is 77.3. The van der Waals surface area contributed by atoms with Gasteiger partial charge in [0.05, 0.1) is 52.1 Å². The third-order valence-corrected chi connectivity index (χ3v) is 19.6. The van der Waals surface area contributed by atoms with Crippen LogP contribution in [-0.4, -0.2) is 101 Å². The average molecular weight is 1420 g/mol. The summed E-state index contributed by atoms with van der Waals surface area (Å²) in [7, 11) is 5.83. The number of rotatable bonds is 24. The summed E-state index contributed by atoms with van der Waals surface area (Å²) in [6.07, 6.45) is 1.61. The minimum absolute atomic E-state index is 0.00915. The lowest BCUT2D eigenvalue weighted by atomic mass is 9.84. The van der Waals surface area contributed by atoms with Crippen LogP contribution in [-0.2, 0) is 64.0 Å². The van der Waals surface area contributed by atoms with Gasteiger partial charge >= 0.3 is 0 Å². The van der Waals surface area contributed by atoms with Crippen molar-refractivity contribution in [2.24, 2.45) is 23.7 Å². The molecule has 104 heavy (non-hydrogen) atoms. The van der Waals surface area contributed by atoms with Gasteiger partial charge in [0.15, 0.2) is 11.6 Å². The van der Waals surface area contributed by atoms with E-state index in [2.05, 4.69) is 21.3 Å². The molecule has 20 heteroatoms. The Balaban J connectivity index is 0.000000161. The molecule has 8 atom stereocenters. The zero-order valence-electron chi connectivity index (χ0n) is 59.7. The molecule has 12 rings (SSSR count). The molecule has 0 unspecified atom stereocenters. The molecular weight excluding hydrogens is 1330 g/mol. The number of aryl methyl sites for hydroxylation is 4. The SMILES string of the molecule is COc1cc(F)c([C@@H]2CNC(=O)[C@H]2CC(=O)Cc2ccc(C)cc2)c(F)c1.COc1ccc([C@@H]2CNC(=O)[C@H]2CC(=O)Cc2ccc(C)cc2)c(F)c1.COc1ccc([C@@H]2CNC(=O)[C@H]2CC(=O)Cc2ccc(C)cc2)cc1.COc1ccc([C@@H]2CNC(=O)[C@H]2CC(=O)Cc2ccc(C)cc2)cc1F. The number of hydrogen-bond donors (Lipinski definition) is 4. The number of amides is 4. The van der Waals surface area contributed by atoms with E-state index in [1.165, 1.54) is 39.0 Å². The van der Waals surface area contributed by atoms with Crippen LogP contribution >= 0.6 is 0 Å². The number of carbonyl (C=O) groups excluding carboxylic acids is 8. The van der Waals surface area contributed by atoms with Crippen LogP contribution in [0.15, 0.2) is 170 Å². The fourth-order valence-electron chi connectivity index (χ4n) is 13.7. The summed E-state index contributed by atoms with van der Waals surface area (Å²) in [5.41, 5.74) is 10.3. The first-order valence-corrected chi connectivity index (χ1v) is 34.6. The third-order valence-electron chi connectivity index (χ3n) is 19.6. The Bertz CT molecular complexity index is 4340. The van der Waals surface area contributed by atoms with E-state index < -0.39 is 46.9 Å². The largest absolute Gasteiger partial charge is 0.497 e. The molecule has 4 aliphatic rings. The highest BCUT2D eigenvalue weighted by atomic mass is 19.1. The monoisotopic (exact) mass is 1420 g/mol. The van der Waals surface area contributed by atoms with Crippen molar-refractivity contribution in [3.63, 3.8) is 0 Å².